The monoisotopic (exact) mass is 227 g/mol. The second kappa shape index (κ2) is 2.50. The van der Waals surface area contributed by atoms with Crippen LogP contribution in [-0.4, -0.2) is 0 Å². The van der Waals surface area contributed by atoms with Gasteiger partial charge in [0.15, 0.2) is 0 Å². The van der Waals surface area contributed by atoms with Gasteiger partial charge in [-0.2, -0.15) is 0 Å². The van der Waals surface area contributed by atoms with E-state index in [9.17, 15) is 0 Å². The Labute approximate surface area is 77.0 Å². The summed E-state index contributed by atoms with van der Waals surface area (Å²) in [5.41, 5.74) is 6.60. The molecule has 0 atom stereocenters. The number of benzene rings is 1. The molecule has 0 unspecified atom stereocenters. The van der Waals surface area contributed by atoms with Gasteiger partial charge in [0.2, 0.25) is 0 Å². The summed E-state index contributed by atoms with van der Waals surface area (Å²) >= 11 is 5.08. The summed E-state index contributed by atoms with van der Waals surface area (Å²) in [6.07, 6.45) is 0. The molecular weight excluding hydrogens is 222 g/mol. The molecule has 0 aliphatic rings. The van der Waals surface area contributed by atoms with Crippen molar-refractivity contribution in [3.8, 4) is 0 Å². The highest BCUT2D eigenvalue weighted by Gasteiger charge is 1.99. The van der Waals surface area contributed by atoms with Crippen molar-refractivity contribution >= 4 is 43.0 Å². The summed E-state index contributed by atoms with van der Waals surface area (Å²) in [5, 5.41) is 3.11. The van der Waals surface area contributed by atoms with Gasteiger partial charge in [0.05, 0.1) is 5.69 Å². The maximum absolute atomic E-state index is 5.73. The third-order valence-corrected chi connectivity index (χ3v) is 3.04. The fraction of sp³-hybridized carbons (Fsp3) is 0. The van der Waals surface area contributed by atoms with Crippen LogP contribution in [0, 0.1) is 0 Å². The highest BCUT2D eigenvalue weighted by atomic mass is 79.9. The number of nitrogen functional groups attached to an aromatic ring is 1. The van der Waals surface area contributed by atoms with Crippen molar-refractivity contribution in [2.24, 2.45) is 0 Å². The number of rotatable bonds is 0. The van der Waals surface area contributed by atoms with Crippen LogP contribution >= 0.6 is 27.3 Å². The molecule has 1 nitrogen and oxygen atoms in total. The number of fused-ring (bicyclic) bond motifs is 1. The SMILES string of the molecule is Nc1csc2ccc(Br)cc12. The molecule has 3 heteroatoms. The molecule has 0 aliphatic carbocycles. The zero-order chi connectivity index (χ0) is 7.84. The fourth-order valence-corrected chi connectivity index (χ4v) is 2.21. The number of thiophene rings is 1. The van der Waals surface area contributed by atoms with Crippen LogP contribution in [0.5, 0.6) is 0 Å². The summed E-state index contributed by atoms with van der Waals surface area (Å²) in [6, 6.07) is 6.14. The van der Waals surface area contributed by atoms with Gasteiger partial charge in [-0.05, 0) is 18.2 Å². The normalized spacial score (nSPS) is 10.6. The molecule has 2 aromatic rings. The Morgan fingerprint density at radius 3 is 3.00 bits per heavy atom. The lowest BCUT2D eigenvalue weighted by Crippen LogP contribution is -1.79. The topological polar surface area (TPSA) is 26.0 Å². The molecule has 0 spiro atoms. The minimum atomic E-state index is 0.867. The predicted octanol–water partition coefficient (Wildman–Crippen LogP) is 3.25. The molecule has 1 aromatic carbocycles. The van der Waals surface area contributed by atoms with E-state index >= 15 is 0 Å². The van der Waals surface area contributed by atoms with Crippen molar-refractivity contribution in [1.82, 2.24) is 0 Å². The second-order valence-corrected chi connectivity index (χ2v) is 4.16. The zero-order valence-electron chi connectivity index (χ0n) is 5.67. The van der Waals surface area contributed by atoms with Gasteiger partial charge in [0.25, 0.3) is 0 Å². The quantitative estimate of drug-likeness (QED) is 0.735. The second-order valence-electron chi connectivity index (χ2n) is 2.33. The number of halogens is 1. The first-order chi connectivity index (χ1) is 5.27. The van der Waals surface area contributed by atoms with Crippen LogP contribution in [0.1, 0.15) is 0 Å². The van der Waals surface area contributed by atoms with Crippen LogP contribution in [0.2, 0.25) is 0 Å². The maximum atomic E-state index is 5.73. The van der Waals surface area contributed by atoms with Crippen molar-refractivity contribution in [3.63, 3.8) is 0 Å². The molecule has 11 heavy (non-hydrogen) atoms. The number of nitrogens with two attached hydrogens (primary N) is 1. The van der Waals surface area contributed by atoms with Gasteiger partial charge in [-0.15, -0.1) is 11.3 Å². The molecule has 0 bridgehead atoms. The van der Waals surface area contributed by atoms with Crippen molar-refractivity contribution in [2.75, 3.05) is 5.73 Å². The smallest absolute Gasteiger partial charge is 0.0503 e. The van der Waals surface area contributed by atoms with E-state index < -0.39 is 0 Å². The van der Waals surface area contributed by atoms with Gasteiger partial charge in [-0.1, -0.05) is 15.9 Å². The zero-order valence-corrected chi connectivity index (χ0v) is 8.08. The van der Waals surface area contributed by atoms with E-state index in [4.69, 9.17) is 5.73 Å². The fourth-order valence-electron chi connectivity index (χ4n) is 1.02. The van der Waals surface area contributed by atoms with E-state index in [1.165, 1.54) is 4.70 Å². The van der Waals surface area contributed by atoms with Gasteiger partial charge in [0.1, 0.15) is 0 Å². The van der Waals surface area contributed by atoms with Gasteiger partial charge in [-0.3, -0.25) is 0 Å². The Bertz CT molecular complexity index is 394. The standard InChI is InChI=1S/C8H6BrNS/c9-5-1-2-8-6(3-5)7(10)4-11-8/h1-4H,10H2. The lowest BCUT2D eigenvalue weighted by atomic mass is 10.2. The van der Waals surface area contributed by atoms with E-state index in [1.807, 2.05) is 17.5 Å². The summed E-state index contributed by atoms with van der Waals surface area (Å²) in [7, 11) is 0. The maximum Gasteiger partial charge on any atom is 0.0503 e. The van der Waals surface area contributed by atoms with Crippen molar-refractivity contribution in [1.29, 1.82) is 0 Å². The Hall–Kier alpha value is -0.540. The van der Waals surface area contributed by atoms with Crippen LogP contribution in [0.15, 0.2) is 28.1 Å². The Kier molecular flexibility index (Phi) is 1.62. The van der Waals surface area contributed by atoms with Gasteiger partial charge < -0.3 is 5.73 Å². The molecule has 0 fully saturated rings. The highest BCUT2D eigenvalue weighted by Crippen LogP contribution is 2.29. The van der Waals surface area contributed by atoms with E-state index in [2.05, 4.69) is 22.0 Å². The van der Waals surface area contributed by atoms with E-state index in [0.29, 0.717) is 0 Å². The minimum Gasteiger partial charge on any atom is -0.398 e. The molecule has 0 aliphatic heterocycles. The van der Waals surface area contributed by atoms with Crippen LogP contribution in [0.25, 0.3) is 10.1 Å². The van der Waals surface area contributed by atoms with Crippen molar-refractivity contribution in [2.45, 2.75) is 0 Å². The first-order valence-corrected chi connectivity index (χ1v) is 4.87. The lowest BCUT2D eigenvalue weighted by molar-refractivity contribution is 1.76. The van der Waals surface area contributed by atoms with Crippen molar-refractivity contribution in [3.05, 3.63) is 28.1 Å². The Morgan fingerprint density at radius 2 is 2.18 bits per heavy atom. The third-order valence-electron chi connectivity index (χ3n) is 1.57. The number of hydrogen-bond acceptors (Lipinski definition) is 2. The first-order valence-electron chi connectivity index (χ1n) is 3.19. The molecule has 0 saturated carbocycles. The van der Waals surface area contributed by atoms with Gasteiger partial charge >= 0.3 is 0 Å². The third kappa shape index (κ3) is 1.14. The van der Waals surface area contributed by atoms with Crippen molar-refractivity contribution < 1.29 is 0 Å². The molecule has 0 radical (unpaired) electrons. The molecular formula is C8H6BrNS. The van der Waals surface area contributed by atoms with Crippen LogP contribution in [0.4, 0.5) is 5.69 Å². The Balaban J connectivity index is 2.87. The molecule has 1 heterocycles. The van der Waals surface area contributed by atoms with E-state index in [1.54, 1.807) is 11.3 Å². The summed E-state index contributed by atoms with van der Waals surface area (Å²) in [6.45, 7) is 0. The Morgan fingerprint density at radius 1 is 1.36 bits per heavy atom. The summed E-state index contributed by atoms with van der Waals surface area (Å²) in [5.74, 6) is 0. The molecule has 2 N–H and O–H groups in total. The summed E-state index contributed by atoms with van der Waals surface area (Å²) < 4.78 is 2.32. The highest BCUT2D eigenvalue weighted by molar-refractivity contribution is 9.10. The molecule has 2 rings (SSSR count). The van der Waals surface area contributed by atoms with Crippen LogP contribution in [0.3, 0.4) is 0 Å². The van der Waals surface area contributed by atoms with E-state index in [0.717, 1.165) is 15.5 Å². The van der Waals surface area contributed by atoms with E-state index in [-0.39, 0.29) is 0 Å². The molecule has 56 valence electrons. The predicted molar refractivity (Wildman–Crippen MR) is 53.9 cm³/mol. The number of hydrogen-bond donors (Lipinski definition) is 1. The van der Waals surface area contributed by atoms with Crippen LogP contribution in [-0.2, 0) is 0 Å². The minimum absolute atomic E-state index is 0.867. The van der Waals surface area contributed by atoms with Gasteiger partial charge in [-0.25, -0.2) is 0 Å². The largest absolute Gasteiger partial charge is 0.398 e. The average Bonchev–Trinajstić information content (AvgIpc) is 2.33. The van der Waals surface area contributed by atoms with Crippen LogP contribution < -0.4 is 5.73 Å². The average molecular weight is 228 g/mol. The summed E-state index contributed by atoms with van der Waals surface area (Å²) in [4.78, 5) is 0. The first kappa shape index (κ1) is 7.13. The lowest BCUT2D eigenvalue weighted by Gasteiger charge is -1.91. The number of anilines is 1. The molecule has 1 aromatic heterocycles. The molecule has 0 saturated heterocycles. The molecule has 0 amide bonds. The van der Waals surface area contributed by atoms with Gasteiger partial charge in [0, 0.05) is 19.9 Å².